The highest BCUT2D eigenvalue weighted by Crippen LogP contribution is 2.27. The van der Waals surface area contributed by atoms with Gasteiger partial charge in [0.05, 0.1) is 24.5 Å². The summed E-state index contributed by atoms with van der Waals surface area (Å²) < 4.78 is 28.1. The first-order valence-electron chi connectivity index (χ1n) is 30.8. The number of nitrogens with zero attached hydrogens (tertiary/aromatic N) is 8. The van der Waals surface area contributed by atoms with Crippen LogP contribution >= 0.6 is 22.7 Å². The molecule has 484 valence electrons. The maximum Gasteiger partial charge on any atom is 0.329 e. The SMILES string of the molecule is CC(C)C[C@H]1C(=O)O[C@H](Cc2ccc(Cn3ccc(-c4ccsc4)n3)cc2)C(=O)N(C)[C@@H](CC(C)C)C(=O)O[C@H](C)C(=O)N(C)[C@@H](CC(C)C)C(=O)O[C@H](Cc2ccc(Cn3ccc(-c4ccsc4)n3)cc2)C(=O)N(C)[C@@H](CC(C)C)C(=O)O[C@H](C)C(=O)N1C. The molecule has 1 aliphatic rings. The van der Waals surface area contributed by atoms with Gasteiger partial charge >= 0.3 is 23.9 Å². The Kier molecular flexibility index (Phi) is 24.4. The Labute approximate surface area is 536 Å². The monoisotopic (exact) mass is 1270 g/mol. The summed E-state index contributed by atoms with van der Waals surface area (Å²) in [5, 5.41) is 17.5. The van der Waals surface area contributed by atoms with Gasteiger partial charge in [0.25, 0.3) is 23.6 Å². The zero-order chi connectivity index (χ0) is 65.7. The topological polar surface area (TPSA) is 222 Å². The van der Waals surface area contributed by atoms with Crippen molar-refractivity contribution in [2.75, 3.05) is 28.2 Å². The lowest BCUT2D eigenvalue weighted by atomic mass is 9.99. The van der Waals surface area contributed by atoms with Gasteiger partial charge in [-0.25, -0.2) is 19.2 Å². The molecule has 90 heavy (non-hydrogen) atoms. The van der Waals surface area contributed by atoms with Crippen LogP contribution in [0.3, 0.4) is 0 Å². The summed E-state index contributed by atoms with van der Waals surface area (Å²) in [6, 6.07) is 17.5. The second kappa shape index (κ2) is 31.7. The molecule has 6 aromatic rings. The molecule has 0 radical (unpaired) electrons. The number of aromatic nitrogens is 4. The fourth-order valence-corrected chi connectivity index (χ4v) is 12.2. The Hall–Kier alpha value is -7.98. The minimum absolute atomic E-state index is 0.0760. The first-order chi connectivity index (χ1) is 42.7. The van der Waals surface area contributed by atoms with Crippen LogP contribution in [-0.4, -0.2) is 163 Å². The van der Waals surface area contributed by atoms with E-state index in [4.69, 9.17) is 29.1 Å². The number of esters is 4. The van der Waals surface area contributed by atoms with E-state index in [2.05, 4.69) is 0 Å². The molecule has 0 spiro atoms. The third-order valence-corrected chi connectivity index (χ3v) is 17.3. The molecule has 0 aliphatic carbocycles. The molecule has 0 unspecified atom stereocenters. The van der Waals surface area contributed by atoms with Crippen LogP contribution in [0.5, 0.6) is 0 Å². The van der Waals surface area contributed by atoms with Crippen LogP contribution in [0.15, 0.2) is 107 Å². The highest BCUT2D eigenvalue weighted by molar-refractivity contribution is 7.08. The quantitative estimate of drug-likeness (QED) is 0.0578. The maximum absolute atomic E-state index is 15.1. The number of hydrogen-bond donors (Lipinski definition) is 0. The molecule has 8 atom stereocenters. The van der Waals surface area contributed by atoms with Gasteiger partial charge in [0, 0.05) is 75.3 Å². The standard InChI is InChI=1S/C68H88N8O12S2/c1-41(2)31-55-65(81)85-45(9)61(77)71(11)58(34-44(7)8)68(84)88-60(36-48-17-21-50(22-18-48)38-76-28-24-54(70-76)52-26-30-90-40-52)64(80)74(14)56(32-42(3)4)66(82)86-46(10)62(78)72(12)57(33-43(5)6)67(83)87-59(63(79)73(55)13)35-47-15-19-49(20-16-47)37-75-27-23-53(69-75)51-25-29-89-39-51/h15-30,39-46,55-60H,31-38H2,1-14H3/t45-,46-,55+,56+,57+,58+,59-,60-/m1/s1. The normalized spacial score (nSPS) is 22.0. The molecule has 0 bridgehead atoms. The van der Waals surface area contributed by atoms with E-state index in [1.807, 2.05) is 171 Å². The van der Waals surface area contributed by atoms with E-state index < -0.39 is 96.1 Å². The van der Waals surface area contributed by atoms with E-state index in [0.29, 0.717) is 24.2 Å². The minimum atomic E-state index is -1.55. The van der Waals surface area contributed by atoms with Gasteiger partial charge < -0.3 is 38.5 Å². The van der Waals surface area contributed by atoms with Gasteiger partial charge in [0.2, 0.25) is 0 Å². The van der Waals surface area contributed by atoms with Crippen LogP contribution in [0, 0.1) is 23.7 Å². The van der Waals surface area contributed by atoms with E-state index in [1.54, 1.807) is 22.7 Å². The Morgan fingerprint density at radius 1 is 0.400 bits per heavy atom. The molecule has 4 amide bonds. The number of hydrogen-bond acceptors (Lipinski definition) is 16. The maximum atomic E-state index is 15.1. The molecule has 5 heterocycles. The number of carbonyl (C=O) groups excluding carboxylic acids is 8. The van der Waals surface area contributed by atoms with Crippen LogP contribution in [0.4, 0.5) is 0 Å². The summed E-state index contributed by atoms with van der Waals surface area (Å²) in [6.45, 7) is 18.5. The van der Waals surface area contributed by atoms with E-state index >= 15 is 9.59 Å². The summed E-state index contributed by atoms with van der Waals surface area (Å²) in [7, 11) is 5.59. The summed E-state index contributed by atoms with van der Waals surface area (Å²) in [5.41, 5.74) is 6.76. The minimum Gasteiger partial charge on any atom is -0.451 e. The van der Waals surface area contributed by atoms with Crippen molar-refractivity contribution >= 4 is 70.2 Å². The number of thiophene rings is 2. The largest absolute Gasteiger partial charge is 0.451 e. The number of rotatable bonds is 18. The van der Waals surface area contributed by atoms with Gasteiger partial charge in [0.1, 0.15) is 24.2 Å². The Bertz CT molecular complexity index is 3140. The van der Waals surface area contributed by atoms with Crippen molar-refractivity contribution in [3.63, 3.8) is 0 Å². The highest BCUT2D eigenvalue weighted by atomic mass is 32.1. The van der Waals surface area contributed by atoms with Crippen LogP contribution in [0.1, 0.15) is 117 Å². The number of amides is 4. The second-order valence-corrected chi connectivity index (χ2v) is 26.8. The van der Waals surface area contributed by atoms with Gasteiger partial charge in [0.15, 0.2) is 24.4 Å². The van der Waals surface area contributed by atoms with Crippen LogP contribution < -0.4 is 0 Å². The number of ether oxygens (including phenoxy) is 4. The Morgan fingerprint density at radius 3 is 0.978 bits per heavy atom. The predicted octanol–water partition coefficient (Wildman–Crippen LogP) is 9.61. The lowest BCUT2D eigenvalue weighted by Crippen LogP contribution is -2.55. The summed E-state index contributed by atoms with van der Waals surface area (Å²) in [6.07, 6.45) is -2.28. The van der Waals surface area contributed by atoms with E-state index in [1.165, 1.54) is 51.8 Å². The second-order valence-electron chi connectivity index (χ2n) is 25.2. The van der Waals surface area contributed by atoms with E-state index in [9.17, 15) is 28.8 Å². The fraction of sp³-hybridized carbons (Fsp3) is 0.500. The molecule has 22 heteroatoms. The molecule has 0 N–H and O–H groups in total. The Balaban J connectivity index is 1.22. The number of likely N-dealkylation sites (N-methyl/N-ethyl adjacent to an activating group) is 4. The predicted molar refractivity (Wildman–Crippen MR) is 344 cm³/mol. The lowest BCUT2D eigenvalue weighted by Gasteiger charge is -2.35. The summed E-state index contributed by atoms with van der Waals surface area (Å²) in [5.74, 6) is -7.49. The molecule has 7 rings (SSSR count). The molecule has 20 nitrogen and oxygen atoms in total. The van der Waals surface area contributed by atoms with Gasteiger partial charge in [-0.05, 0) is 120 Å². The van der Waals surface area contributed by atoms with Gasteiger partial charge in [-0.1, -0.05) is 104 Å². The molecule has 0 saturated carbocycles. The van der Waals surface area contributed by atoms with Crippen molar-refractivity contribution in [3.05, 3.63) is 129 Å². The van der Waals surface area contributed by atoms with E-state index in [0.717, 1.165) is 43.4 Å². The first-order valence-corrected chi connectivity index (χ1v) is 32.7. The third-order valence-electron chi connectivity index (χ3n) is 16.0. The third kappa shape index (κ3) is 18.6. The average Bonchev–Trinajstić information content (AvgIpc) is 1.30. The molecular formula is C68H88N8O12S2. The fourth-order valence-electron chi connectivity index (χ4n) is 10.9. The van der Waals surface area contributed by atoms with Crippen LogP contribution in [0.25, 0.3) is 22.5 Å². The Morgan fingerprint density at radius 2 is 0.689 bits per heavy atom. The van der Waals surface area contributed by atoms with Crippen molar-refractivity contribution in [2.24, 2.45) is 23.7 Å². The number of benzene rings is 2. The molecule has 4 aromatic heterocycles. The lowest BCUT2D eigenvalue weighted by molar-refractivity contribution is -0.176. The van der Waals surface area contributed by atoms with Crippen molar-refractivity contribution in [1.29, 1.82) is 0 Å². The van der Waals surface area contributed by atoms with Crippen LogP contribution in [0.2, 0.25) is 0 Å². The van der Waals surface area contributed by atoms with Crippen molar-refractivity contribution in [2.45, 2.75) is 169 Å². The van der Waals surface area contributed by atoms with Crippen molar-refractivity contribution in [3.8, 4) is 22.5 Å². The summed E-state index contributed by atoms with van der Waals surface area (Å²) >= 11 is 3.17. The smallest absolute Gasteiger partial charge is 0.329 e. The average molecular weight is 1270 g/mol. The van der Waals surface area contributed by atoms with Crippen molar-refractivity contribution < 1.29 is 57.3 Å². The zero-order valence-corrected chi connectivity index (χ0v) is 55.9. The van der Waals surface area contributed by atoms with Gasteiger partial charge in [-0.15, -0.1) is 0 Å². The molecule has 1 saturated heterocycles. The molecule has 2 aromatic carbocycles. The molecule has 1 fully saturated rings. The van der Waals surface area contributed by atoms with Gasteiger partial charge in [-0.3, -0.25) is 28.5 Å². The summed E-state index contributed by atoms with van der Waals surface area (Å²) in [4.78, 5) is 123. The zero-order valence-electron chi connectivity index (χ0n) is 54.3. The van der Waals surface area contributed by atoms with Crippen LogP contribution in [-0.2, 0) is 83.2 Å². The van der Waals surface area contributed by atoms with Gasteiger partial charge in [-0.2, -0.15) is 32.9 Å². The van der Waals surface area contributed by atoms with E-state index in [-0.39, 0.29) is 62.2 Å². The molecular weight excluding hydrogens is 1180 g/mol. The van der Waals surface area contributed by atoms with Crippen molar-refractivity contribution in [1.82, 2.24) is 39.2 Å². The molecule has 1 aliphatic heterocycles. The number of carbonyl (C=O) groups is 8. The first kappa shape index (κ1) is 69.5. The number of cyclic esters (lactones) is 4. The highest BCUT2D eigenvalue weighted by Gasteiger charge is 2.43.